The van der Waals surface area contributed by atoms with Crippen LogP contribution in [0.5, 0.6) is 5.75 Å². The maximum Gasteiger partial charge on any atom is 0.248 e. The minimum absolute atomic E-state index is 0.0115. The first-order chi connectivity index (χ1) is 13.6. The Balaban J connectivity index is 1.66. The summed E-state index contributed by atoms with van der Waals surface area (Å²) >= 11 is 0. The zero-order valence-corrected chi connectivity index (χ0v) is 15.9. The van der Waals surface area contributed by atoms with E-state index in [2.05, 4.69) is 5.16 Å². The van der Waals surface area contributed by atoms with Crippen LogP contribution in [-0.2, 0) is 20.9 Å². The lowest BCUT2D eigenvalue weighted by atomic mass is 10.0. The van der Waals surface area contributed by atoms with E-state index < -0.39 is 0 Å². The van der Waals surface area contributed by atoms with Crippen molar-refractivity contribution in [3.63, 3.8) is 0 Å². The van der Waals surface area contributed by atoms with Crippen LogP contribution in [0.3, 0.4) is 0 Å². The van der Waals surface area contributed by atoms with E-state index in [1.807, 2.05) is 24.3 Å². The van der Waals surface area contributed by atoms with Gasteiger partial charge in [0.25, 0.3) is 0 Å². The number of rotatable bonds is 8. The summed E-state index contributed by atoms with van der Waals surface area (Å²) in [6.45, 7) is 0.765. The molecule has 3 rings (SSSR count). The van der Waals surface area contributed by atoms with Crippen molar-refractivity contribution >= 4 is 11.6 Å². The van der Waals surface area contributed by atoms with Crippen molar-refractivity contribution in [3.8, 4) is 5.75 Å². The maximum absolute atomic E-state index is 13.1. The van der Waals surface area contributed by atoms with Crippen LogP contribution in [0.4, 0.5) is 4.39 Å². The van der Waals surface area contributed by atoms with Crippen LogP contribution in [0, 0.1) is 5.82 Å². The number of amides is 1. The van der Waals surface area contributed by atoms with E-state index in [0.29, 0.717) is 19.5 Å². The van der Waals surface area contributed by atoms with Crippen molar-refractivity contribution in [2.24, 2.45) is 5.16 Å². The minimum Gasteiger partial charge on any atom is -0.497 e. The second-order valence-electron chi connectivity index (χ2n) is 6.54. The highest BCUT2D eigenvalue weighted by Crippen LogP contribution is 2.20. The molecule has 0 radical (unpaired) electrons. The fourth-order valence-corrected chi connectivity index (χ4v) is 3.05. The molecule has 6 nitrogen and oxygen atoms in total. The summed E-state index contributed by atoms with van der Waals surface area (Å²) in [5.74, 6) is 0.300. The van der Waals surface area contributed by atoms with Gasteiger partial charge in [-0.25, -0.2) is 4.39 Å². The van der Waals surface area contributed by atoms with Gasteiger partial charge in [0.1, 0.15) is 18.2 Å². The van der Waals surface area contributed by atoms with E-state index in [-0.39, 0.29) is 24.4 Å². The molecule has 1 aliphatic heterocycles. The van der Waals surface area contributed by atoms with Gasteiger partial charge in [0.15, 0.2) is 6.10 Å². The molecule has 2 aromatic carbocycles. The minimum atomic E-state index is -0.297. The number of hydrogen-bond donors (Lipinski definition) is 0. The molecular formula is C21H23FN2O4. The third-order valence-electron chi connectivity index (χ3n) is 4.46. The van der Waals surface area contributed by atoms with Crippen molar-refractivity contribution in [2.75, 3.05) is 27.4 Å². The number of nitrogens with zero attached hydrogens (tertiary/aromatic N) is 2. The van der Waals surface area contributed by atoms with Crippen LogP contribution in [0.15, 0.2) is 53.7 Å². The van der Waals surface area contributed by atoms with Gasteiger partial charge in [-0.3, -0.25) is 4.79 Å². The van der Waals surface area contributed by atoms with Crippen LogP contribution < -0.4 is 4.74 Å². The van der Waals surface area contributed by atoms with E-state index in [9.17, 15) is 9.18 Å². The third-order valence-corrected chi connectivity index (χ3v) is 4.46. The molecule has 7 heteroatoms. The zero-order chi connectivity index (χ0) is 19.9. The van der Waals surface area contributed by atoms with Crippen LogP contribution in [0.2, 0.25) is 0 Å². The van der Waals surface area contributed by atoms with Crippen molar-refractivity contribution in [1.82, 2.24) is 4.90 Å². The van der Waals surface area contributed by atoms with Gasteiger partial charge in [-0.2, -0.15) is 0 Å². The molecular weight excluding hydrogens is 363 g/mol. The molecule has 148 valence electrons. The fourth-order valence-electron chi connectivity index (χ4n) is 3.05. The third kappa shape index (κ3) is 5.07. The first-order valence-electron chi connectivity index (χ1n) is 8.97. The molecule has 0 unspecified atom stereocenters. The summed E-state index contributed by atoms with van der Waals surface area (Å²) < 4.78 is 23.4. The van der Waals surface area contributed by atoms with E-state index >= 15 is 0 Å². The highest BCUT2D eigenvalue weighted by molar-refractivity contribution is 6.01. The number of methoxy groups -OCH3 is 2. The molecule has 2 aromatic rings. The summed E-state index contributed by atoms with van der Waals surface area (Å²) in [6, 6.07) is 13.7. The van der Waals surface area contributed by atoms with Crippen LogP contribution in [-0.4, -0.2) is 50.0 Å². The van der Waals surface area contributed by atoms with Gasteiger partial charge in [-0.1, -0.05) is 29.4 Å². The Kier molecular flexibility index (Phi) is 6.60. The predicted molar refractivity (Wildman–Crippen MR) is 103 cm³/mol. The highest BCUT2D eigenvalue weighted by Gasteiger charge is 2.27. The second-order valence-corrected chi connectivity index (χ2v) is 6.54. The first kappa shape index (κ1) is 19.8. The Hall–Kier alpha value is -2.93. The SMILES string of the molecule is COCC(=O)N(Cc1cccc(OC)c1)C[C@H]1CC(c2ccc(F)cc2)=NO1. The molecule has 0 spiro atoms. The molecule has 0 aromatic heterocycles. The lowest BCUT2D eigenvalue weighted by Crippen LogP contribution is -2.39. The Morgan fingerprint density at radius 1 is 1.25 bits per heavy atom. The van der Waals surface area contributed by atoms with Gasteiger partial charge in [-0.05, 0) is 35.4 Å². The summed E-state index contributed by atoms with van der Waals surface area (Å²) in [7, 11) is 3.09. The molecule has 1 atom stereocenters. The Bertz CT molecular complexity index is 839. The maximum atomic E-state index is 13.1. The molecule has 1 amide bonds. The van der Waals surface area contributed by atoms with E-state index in [1.165, 1.54) is 19.2 Å². The fraction of sp³-hybridized carbons (Fsp3) is 0.333. The van der Waals surface area contributed by atoms with Gasteiger partial charge < -0.3 is 19.2 Å². The van der Waals surface area contributed by atoms with E-state index in [4.69, 9.17) is 14.3 Å². The molecule has 0 fully saturated rings. The van der Waals surface area contributed by atoms with Crippen molar-refractivity contribution in [3.05, 3.63) is 65.5 Å². The summed E-state index contributed by atoms with van der Waals surface area (Å²) in [6.07, 6.45) is 0.270. The van der Waals surface area contributed by atoms with Crippen LogP contribution in [0.1, 0.15) is 17.5 Å². The Morgan fingerprint density at radius 2 is 2.04 bits per heavy atom. The van der Waals surface area contributed by atoms with Gasteiger partial charge in [-0.15, -0.1) is 0 Å². The lowest BCUT2D eigenvalue weighted by molar-refractivity contribution is -0.137. The summed E-state index contributed by atoms with van der Waals surface area (Å²) in [5, 5.41) is 4.11. The van der Waals surface area contributed by atoms with Crippen LogP contribution in [0.25, 0.3) is 0 Å². The average Bonchev–Trinajstić information content (AvgIpc) is 3.17. The quantitative estimate of drug-likeness (QED) is 0.700. The standard InChI is InChI=1S/C21H23FN2O4/c1-26-14-21(25)24(12-15-4-3-5-18(10-15)27-2)13-19-11-20(23-28-19)16-6-8-17(22)9-7-16/h3-10,19H,11-14H2,1-2H3/t19-/m1/s1. The van der Waals surface area contributed by atoms with Gasteiger partial charge in [0.2, 0.25) is 5.91 Å². The number of oxime groups is 1. The van der Waals surface area contributed by atoms with Gasteiger partial charge in [0, 0.05) is 20.1 Å². The molecule has 28 heavy (non-hydrogen) atoms. The number of hydrogen-bond acceptors (Lipinski definition) is 5. The normalized spacial score (nSPS) is 15.7. The van der Waals surface area contributed by atoms with Crippen molar-refractivity contribution in [1.29, 1.82) is 0 Å². The lowest BCUT2D eigenvalue weighted by Gasteiger charge is -2.25. The number of carbonyl (C=O) groups is 1. The Morgan fingerprint density at radius 3 is 2.75 bits per heavy atom. The topological polar surface area (TPSA) is 60.4 Å². The van der Waals surface area contributed by atoms with Crippen molar-refractivity contribution < 1.29 is 23.5 Å². The smallest absolute Gasteiger partial charge is 0.248 e. The summed E-state index contributed by atoms with van der Waals surface area (Å²) in [4.78, 5) is 19.7. The Labute approximate surface area is 163 Å². The molecule has 0 N–H and O–H groups in total. The highest BCUT2D eigenvalue weighted by atomic mass is 19.1. The van der Waals surface area contributed by atoms with Gasteiger partial charge in [0.05, 0.1) is 19.4 Å². The molecule has 1 aliphatic rings. The van der Waals surface area contributed by atoms with Crippen LogP contribution >= 0.6 is 0 Å². The number of benzene rings is 2. The molecule has 0 aliphatic carbocycles. The monoisotopic (exact) mass is 386 g/mol. The molecule has 0 bridgehead atoms. The second kappa shape index (κ2) is 9.32. The summed E-state index contributed by atoms with van der Waals surface area (Å²) in [5.41, 5.74) is 2.50. The van der Waals surface area contributed by atoms with E-state index in [0.717, 1.165) is 22.6 Å². The average molecular weight is 386 g/mol. The molecule has 1 heterocycles. The molecule has 0 saturated carbocycles. The molecule has 0 saturated heterocycles. The van der Waals surface area contributed by atoms with Crippen molar-refractivity contribution in [2.45, 2.75) is 19.1 Å². The predicted octanol–water partition coefficient (Wildman–Crippen LogP) is 3.00. The number of halogens is 1. The van der Waals surface area contributed by atoms with E-state index in [1.54, 1.807) is 24.1 Å². The number of ether oxygens (including phenoxy) is 2. The largest absolute Gasteiger partial charge is 0.497 e. The van der Waals surface area contributed by atoms with Gasteiger partial charge >= 0.3 is 0 Å². The number of carbonyl (C=O) groups excluding carboxylic acids is 1. The first-order valence-corrected chi connectivity index (χ1v) is 8.97. The zero-order valence-electron chi connectivity index (χ0n) is 15.9.